The lowest BCUT2D eigenvalue weighted by Gasteiger charge is -2.40. The number of hydrogen-bond donors (Lipinski definition) is 2. The van der Waals surface area contributed by atoms with E-state index < -0.39 is 0 Å². The summed E-state index contributed by atoms with van der Waals surface area (Å²) in [6, 6.07) is 0.704. The first kappa shape index (κ1) is 14.2. The molecule has 19 heavy (non-hydrogen) atoms. The molecular formula is C16H29NOS. The SMILES string of the molecule is C[C@H]1CN[C@H](CSC[C@]23CCC(CC2O)C3(C)C)C1. The van der Waals surface area contributed by atoms with E-state index in [0.29, 0.717) is 11.5 Å². The number of fused-ring (bicyclic) bond motifs is 2. The number of hydrogen-bond acceptors (Lipinski definition) is 3. The molecule has 0 aromatic carbocycles. The van der Waals surface area contributed by atoms with E-state index in [2.05, 4.69) is 37.8 Å². The zero-order chi connectivity index (χ0) is 13.7. The Labute approximate surface area is 122 Å². The maximum absolute atomic E-state index is 10.5. The fourth-order valence-corrected chi connectivity index (χ4v) is 6.64. The molecule has 2 unspecified atom stereocenters. The van der Waals surface area contributed by atoms with Gasteiger partial charge in [-0.05, 0) is 49.5 Å². The van der Waals surface area contributed by atoms with Crippen LogP contribution >= 0.6 is 11.8 Å². The largest absolute Gasteiger partial charge is 0.392 e. The van der Waals surface area contributed by atoms with Gasteiger partial charge in [-0.15, -0.1) is 0 Å². The lowest BCUT2D eigenvalue weighted by atomic mass is 9.70. The van der Waals surface area contributed by atoms with Crippen LogP contribution in [0.5, 0.6) is 0 Å². The third-order valence-corrected chi connectivity index (χ3v) is 7.87. The van der Waals surface area contributed by atoms with Gasteiger partial charge in [-0.3, -0.25) is 0 Å². The molecule has 3 aliphatic rings. The molecule has 0 aromatic rings. The molecule has 0 spiro atoms. The summed E-state index contributed by atoms with van der Waals surface area (Å²) in [5, 5.41) is 14.1. The van der Waals surface area contributed by atoms with Crippen LogP contribution in [0.15, 0.2) is 0 Å². The molecule has 2 nitrogen and oxygen atoms in total. The first-order valence-corrected chi connectivity index (χ1v) is 9.10. The maximum Gasteiger partial charge on any atom is 0.0612 e. The molecular weight excluding hydrogens is 254 g/mol. The fraction of sp³-hybridized carbons (Fsp3) is 1.00. The van der Waals surface area contributed by atoms with Gasteiger partial charge in [0, 0.05) is 23.0 Å². The van der Waals surface area contributed by atoms with E-state index in [1.54, 1.807) is 0 Å². The van der Waals surface area contributed by atoms with Crippen molar-refractivity contribution in [2.75, 3.05) is 18.1 Å². The van der Waals surface area contributed by atoms with Crippen LogP contribution in [0.1, 0.15) is 46.5 Å². The van der Waals surface area contributed by atoms with Crippen LogP contribution in [0, 0.1) is 22.7 Å². The number of rotatable bonds is 4. The molecule has 5 atom stereocenters. The molecule has 0 amide bonds. The summed E-state index contributed by atoms with van der Waals surface area (Å²) in [5.74, 6) is 3.98. The lowest BCUT2D eigenvalue weighted by molar-refractivity contribution is 0.0168. The standard InChI is InChI=1S/C16H29NOS/c1-11-6-13(17-8-11)9-19-10-16-5-4-12(7-14(16)18)15(16,2)3/h11-14,17-18H,4-10H2,1-3H3/t11-,12?,13+,14?,16-/m1/s1. The van der Waals surface area contributed by atoms with E-state index >= 15 is 0 Å². The van der Waals surface area contributed by atoms with Crippen molar-refractivity contribution in [3.8, 4) is 0 Å². The van der Waals surface area contributed by atoms with Crippen molar-refractivity contribution in [1.82, 2.24) is 5.32 Å². The van der Waals surface area contributed by atoms with E-state index in [9.17, 15) is 5.11 Å². The first-order valence-electron chi connectivity index (χ1n) is 7.95. The lowest BCUT2D eigenvalue weighted by Crippen LogP contribution is -2.41. The normalized spacial score (nSPS) is 48.0. The Hall–Kier alpha value is 0.270. The molecule has 2 bridgehead atoms. The zero-order valence-corrected chi connectivity index (χ0v) is 13.4. The zero-order valence-electron chi connectivity index (χ0n) is 12.6. The minimum Gasteiger partial charge on any atom is -0.392 e. The molecule has 1 heterocycles. The Kier molecular flexibility index (Phi) is 3.68. The highest BCUT2D eigenvalue weighted by atomic mass is 32.2. The van der Waals surface area contributed by atoms with Gasteiger partial charge in [0.05, 0.1) is 6.10 Å². The average Bonchev–Trinajstić information content (AvgIpc) is 2.91. The summed E-state index contributed by atoms with van der Waals surface area (Å²) >= 11 is 2.08. The maximum atomic E-state index is 10.5. The predicted molar refractivity (Wildman–Crippen MR) is 82.5 cm³/mol. The van der Waals surface area contributed by atoms with Crippen LogP contribution in [-0.2, 0) is 0 Å². The smallest absolute Gasteiger partial charge is 0.0612 e. The second-order valence-electron chi connectivity index (χ2n) is 7.83. The van der Waals surface area contributed by atoms with E-state index in [1.807, 2.05) is 0 Å². The Morgan fingerprint density at radius 2 is 2.11 bits per heavy atom. The molecule has 2 aliphatic carbocycles. The number of aliphatic hydroxyl groups excluding tert-OH is 1. The molecule has 0 aromatic heterocycles. The molecule has 3 heteroatoms. The quantitative estimate of drug-likeness (QED) is 0.832. The van der Waals surface area contributed by atoms with Crippen LogP contribution in [0.25, 0.3) is 0 Å². The van der Waals surface area contributed by atoms with Gasteiger partial charge in [0.15, 0.2) is 0 Å². The van der Waals surface area contributed by atoms with Gasteiger partial charge in [-0.2, -0.15) is 11.8 Å². The highest BCUT2D eigenvalue weighted by Gasteiger charge is 2.63. The molecule has 3 fully saturated rings. The van der Waals surface area contributed by atoms with Crippen molar-refractivity contribution >= 4 is 11.8 Å². The van der Waals surface area contributed by atoms with Gasteiger partial charge in [-0.1, -0.05) is 20.8 Å². The number of nitrogens with one attached hydrogen (secondary N) is 1. The predicted octanol–water partition coefficient (Wildman–Crippen LogP) is 2.90. The number of aliphatic hydroxyl groups is 1. The Morgan fingerprint density at radius 1 is 1.32 bits per heavy atom. The first-order chi connectivity index (χ1) is 8.96. The average molecular weight is 283 g/mol. The second kappa shape index (κ2) is 4.92. The molecule has 110 valence electrons. The van der Waals surface area contributed by atoms with E-state index in [4.69, 9.17) is 0 Å². The summed E-state index contributed by atoms with van der Waals surface area (Å²) in [6.45, 7) is 8.32. The minimum absolute atomic E-state index is 0.0517. The van der Waals surface area contributed by atoms with Crippen molar-refractivity contribution in [3.63, 3.8) is 0 Å². The van der Waals surface area contributed by atoms with Gasteiger partial charge in [0.2, 0.25) is 0 Å². The van der Waals surface area contributed by atoms with Gasteiger partial charge in [0.1, 0.15) is 0 Å². The van der Waals surface area contributed by atoms with Gasteiger partial charge >= 0.3 is 0 Å². The highest BCUT2D eigenvalue weighted by molar-refractivity contribution is 7.99. The number of thioether (sulfide) groups is 1. The van der Waals surface area contributed by atoms with Crippen LogP contribution < -0.4 is 5.32 Å². The van der Waals surface area contributed by atoms with Crippen LogP contribution in [0.2, 0.25) is 0 Å². The van der Waals surface area contributed by atoms with Gasteiger partial charge in [-0.25, -0.2) is 0 Å². The highest BCUT2D eigenvalue weighted by Crippen LogP contribution is 2.66. The Bertz CT molecular complexity index is 346. The molecule has 2 N–H and O–H groups in total. The third-order valence-electron chi connectivity index (χ3n) is 6.51. The summed E-state index contributed by atoms with van der Waals surface area (Å²) in [6.07, 6.45) is 4.90. The minimum atomic E-state index is -0.0517. The fourth-order valence-electron chi connectivity index (χ4n) is 4.91. The van der Waals surface area contributed by atoms with E-state index in [1.165, 1.54) is 31.6 Å². The second-order valence-corrected chi connectivity index (χ2v) is 8.86. The van der Waals surface area contributed by atoms with Crippen molar-refractivity contribution in [2.45, 2.75) is 58.6 Å². The van der Waals surface area contributed by atoms with E-state index in [-0.39, 0.29) is 11.5 Å². The van der Waals surface area contributed by atoms with Crippen molar-refractivity contribution < 1.29 is 5.11 Å². The molecule has 2 saturated carbocycles. The van der Waals surface area contributed by atoms with Crippen molar-refractivity contribution in [1.29, 1.82) is 0 Å². The van der Waals surface area contributed by atoms with Crippen LogP contribution in [0.3, 0.4) is 0 Å². The van der Waals surface area contributed by atoms with Crippen LogP contribution in [0.4, 0.5) is 0 Å². The Morgan fingerprint density at radius 3 is 2.63 bits per heavy atom. The molecule has 3 rings (SSSR count). The van der Waals surface area contributed by atoms with E-state index in [0.717, 1.165) is 24.0 Å². The molecule has 0 radical (unpaired) electrons. The van der Waals surface area contributed by atoms with Crippen molar-refractivity contribution in [3.05, 3.63) is 0 Å². The topological polar surface area (TPSA) is 32.3 Å². The summed E-state index contributed by atoms with van der Waals surface area (Å²) in [4.78, 5) is 0. The monoisotopic (exact) mass is 283 g/mol. The summed E-state index contributed by atoms with van der Waals surface area (Å²) in [5.41, 5.74) is 0.544. The van der Waals surface area contributed by atoms with Crippen molar-refractivity contribution in [2.24, 2.45) is 22.7 Å². The summed E-state index contributed by atoms with van der Waals surface area (Å²) in [7, 11) is 0. The van der Waals surface area contributed by atoms with Gasteiger partial charge < -0.3 is 10.4 Å². The van der Waals surface area contributed by atoms with Gasteiger partial charge in [0.25, 0.3) is 0 Å². The summed E-state index contributed by atoms with van der Waals surface area (Å²) < 4.78 is 0. The molecule has 1 saturated heterocycles. The van der Waals surface area contributed by atoms with Crippen LogP contribution in [-0.4, -0.2) is 35.3 Å². The third kappa shape index (κ3) is 2.16. The molecule has 1 aliphatic heterocycles. The Balaban J connectivity index is 1.57.